The Bertz CT molecular complexity index is 430. The molecule has 1 aromatic carbocycles. The molecule has 92 valence electrons. The van der Waals surface area contributed by atoms with E-state index in [4.69, 9.17) is 5.73 Å². The van der Waals surface area contributed by atoms with E-state index in [0.717, 1.165) is 5.69 Å². The summed E-state index contributed by atoms with van der Waals surface area (Å²) in [4.78, 5) is 21.9. The van der Waals surface area contributed by atoms with Crippen molar-refractivity contribution in [1.82, 2.24) is 5.32 Å². The standard InChI is InChI=1S/C12H17N3O2/c1-8(16)11-7-10(3-4-12(11)13)15-6-5-14-9(2)17/h3-4,7,15H,5-6,13H2,1-2H3,(H,14,17). The van der Waals surface area contributed by atoms with E-state index in [-0.39, 0.29) is 11.7 Å². The summed E-state index contributed by atoms with van der Waals surface area (Å²) in [6, 6.07) is 5.21. The van der Waals surface area contributed by atoms with E-state index in [9.17, 15) is 9.59 Å². The number of rotatable bonds is 5. The number of amides is 1. The van der Waals surface area contributed by atoms with Crippen LogP contribution in [0.15, 0.2) is 18.2 Å². The number of nitrogens with one attached hydrogen (secondary N) is 2. The number of Topliss-reactive ketones (excluding diaryl/α,β-unsaturated/α-hetero) is 1. The molecule has 1 aromatic rings. The number of carbonyl (C=O) groups is 2. The normalized spacial score (nSPS) is 9.76. The Morgan fingerprint density at radius 2 is 1.94 bits per heavy atom. The second-order valence-corrected chi connectivity index (χ2v) is 3.77. The fourth-order valence-corrected chi connectivity index (χ4v) is 1.42. The van der Waals surface area contributed by atoms with Crippen LogP contribution in [0.5, 0.6) is 0 Å². The maximum Gasteiger partial charge on any atom is 0.216 e. The summed E-state index contributed by atoms with van der Waals surface area (Å²) in [6.45, 7) is 4.08. The van der Waals surface area contributed by atoms with Gasteiger partial charge in [0.2, 0.25) is 5.91 Å². The number of hydrogen-bond donors (Lipinski definition) is 3. The molecule has 0 saturated heterocycles. The van der Waals surface area contributed by atoms with Crippen molar-refractivity contribution in [1.29, 1.82) is 0 Å². The zero-order chi connectivity index (χ0) is 12.8. The average molecular weight is 235 g/mol. The van der Waals surface area contributed by atoms with Gasteiger partial charge in [-0.05, 0) is 25.1 Å². The predicted molar refractivity (Wildman–Crippen MR) is 68.0 cm³/mol. The lowest BCUT2D eigenvalue weighted by atomic mass is 10.1. The van der Waals surface area contributed by atoms with Crippen LogP contribution in [0.1, 0.15) is 24.2 Å². The van der Waals surface area contributed by atoms with E-state index in [1.54, 1.807) is 18.2 Å². The van der Waals surface area contributed by atoms with Crippen LogP contribution in [0, 0.1) is 0 Å². The van der Waals surface area contributed by atoms with E-state index in [0.29, 0.717) is 24.3 Å². The van der Waals surface area contributed by atoms with Gasteiger partial charge >= 0.3 is 0 Å². The highest BCUT2D eigenvalue weighted by atomic mass is 16.1. The van der Waals surface area contributed by atoms with Gasteiger partial charge in [0.25, 0.3) is 0 Å². The maximum absolute atomic E-state index is 11.3. The Morgan fingerprint density at radius 1 is 1.24 bits per heavy atom. The molecule has 5 nitrogen and oxygen atoms in total. The number of nitrogen functional groups attached to an aromatic ring is 1. The molecule has 0 aliphatic heterocycles. The summed E-state index contributed by atoms with van der Waals surface area (Å²) in [5, 5.41) is 5.77. The van der Waals surface area contributed by atoms with Gasteiger partial charge in [-0.25, -0.2) is 0 Å². The number of ketones is 1. The van der Waals surface area contributed by atoms with Crippen molar-refractivity contribution >= 4 is 23.1 Å². The quantitative estimate of drug-likeness (QED) is 0.404. The van der Waals surface area contributed by atoms with E-state index in [1.165, 1.54) is 13.8 Å². The van der Waals surface area contributed by atoms with Gasteiger partial charge in [0.15, 0.2) is 5.78 Å². The van der Waals surface area contributed by atoms with Crippen LogP contribution < -0.4 is 16.4 Å². The monoisotopic (exact) mass is 235 g/mol. The van der Waals surface area contributed by atoms with Crippen molar-refractivity contribution in [3.63, 3.8) is 0 Å². The topological polar surface area (TPSA) is 84.2 Å². The van der Waals surface area contributed by atoms with Crippen LogP contribution in [-0.2, 0) is 4.79 Å². The van der Waals surface area contributed by atoms with Gasteiger partial charge in [0, 0.05) is 37.0 Å². The molecule has 0 aromatic heterocycles. The Labute approximate surface area is 100 Å². The maximum atomic E-state index is 11.3. The SMILES string of the molecule is CC(=O)NCCNc1ccc(N)c(C(C)=O)c1. The summed E-state index contributed by atoms with van der Waals surface area (Å²) in [5.41, 5.74) is 7.48. The minimum Gasteiger partial charge on any atom is -0.398 e. The molecule has 4 N–H and O–H groups in total. The molecule has 0 aliphatic rings. The van der Waals surface area contributed by atoms with Crippen molar-refractivity contribution in [2.24, 2.45) is 0 Å². The second-order valence-electron chi connectivity index (χ2n) is 3.77. The van der Waals surface area contributed by atoms with Crippen LogP contribution in [0.2, 0.25) is 0 Å². The van der Waals surface area contributed by atoms with Crippen molar-refractivity contribution in [2.45, 2.75) is 13.8 Å². The molecule has 1 rings (SSSR count). The minimum absolute atomic E-state index is 0.0615. The first-order valence-electron chi connectivity index (χ1n) is 5.39. The van der Waals surface area contributed by atoms with Gasteiger partial charge < -0.3 is 16.4 Å². The number of carbonyl (C=O) groups excluding carboxylic acids is 2. The predicted octanol–water partition coefficient (Wildman–Crippen LogP) is 1.02. The zero-order valence-electron chi connectivity index (χ0n) is 10.0. The van der Waals surface area contributed by atoms with Crippen molar-refractivity contribution < 1.29 is 9.59 Å². The van der Waals surface area contributed by atoms with Gasteiger partial charge in [-0.2, -0.15) is 0 Å². The van der Waals surface area contributed by atoms with E-state index >= 15 is 0 Å². The molecule has 0 saturated carbocycles. The van der Waals surface area contributed by atoms with E-state index < -0.39 is 0 Å². The zero-order valence-corrected chi connectivity index (χ0v) is 10.0. The van der Waals surface area contributed by atoms with Crippen molar-refractivity contribution in [3.05, 3.63) is 23.8 Å². The molecular weight excluding hydrogens is 218 g/mol. The Balaban J connectivity index is 2.57. The number of anilines is 2. The van der Waals surface area contributed by atoms with Gasteiger partial charge in [-0.1, -0.05) is 0 Å². The summed E-state index contributed by atoms with van der Waals surface area (Å²) < 4.78 is 0. The molecule has 17 heavy (non-hydrogen) atoms. The third-order valence-corrected chi connectivity index (χ3v) is 2.26. The summed E-state index contributed by atoms with van der Waals surface area (Å²) >= 11 is 0. The molecule has 5 heteroatoms. The van der Waals surface area contributed by atoms with Crippen molar-refractivity contribution in [2.75, 3.05) is 24.1 Å². The van der Waals surface area contributed by atoms with Crippen LogP contribution in [0.4, 0.5) is 11.4 Å². The van der Waals surface area contributed by atoms with E-state index in [2.05, 4.69) is 10.6 Å². The lowest BCUT2D eigenvalue weighted by Crippen LogP contribution is -2.26. The molecule has 1 amide bonds. The van der Waals surface area contributed by atoms with Crippen LogP contribution in [0.3, 0.4) is 0 Å². The number of hydrogen-bond acceptors (Lipinski definition) is 4. The first-order chi connectivity index (χ1) is 8.00. The molecule has 0 fully saturated rings. The largest absolute Gasteiger partial charge is 0.398 e. The van der Waals surface area contributed by atoms with Gasteiger partial charge in [0.05, 0.1) is 0 Å². The Morgan fingerprint density at radius 3 is 2.53 bits per heavy atom. The molecule has 0 heterocycles. The van der Waals surface area contributed by atoms with Gasteiger partial charge in [-0.15, -0.1) is 0 Å². The Hall–Kier alpha value is -2.04. The highest BCUT2D eigenvalue weighted by molar-refractivity contribution is 6.00. The highest BCUT2D eigenvalue weighted by Crippen LogP contribution is 2.17. The first kappa shape index (κ1) is 13.0. The minimum atomic E-state index is -0.0620. The molecule has 0 radical (unpaired) electrons. The van der Waals surface area contributed by atoms with Crippen LogP contribution in [0.25, 0.3) is 0 Å². The fraction of sp³-hybridized carbons (Fsp3) is 0.333. The molecule has 0 bridgehead atoms. The molecule has 0 aliphatic carbocycles. The smallest absolute Gasteiger partial charge is 0.216 e. The van der Waals surface area contributed by atoms with Gasteiger partial charge in [-0.3, -0.25) is 9.59 Å². The molecule has 0 unspecified atom stereocenters. The third-order valence-electron chi connectivity index (χ3n) is 2.26. The lowest BCUT2D eigenvalue weighted by Gasteiger charge is -2.09. The van der Waals surface area contributed by atoms with E-state index in [1.807, 2.05) is 0 Å². The summed E-state index contributed by atoms with van der Waals surface area (Å²) in [6.07, 6.45) is 0. The molecule has 0 atom stereocenters. The first-order valence-corrected chi connectivity index (χ1v) is 5.39. The summed E-state index contributed by atoms with van der Waals surface area (Å²) in [7, 11) is 0. The Kier molecular flexibility index (Phi) is 4.51. The number of benzene rings is 1. The highest BCUT2D eigenvalue weighted by Gasteiger charge is 2.05. The fourth-order valence-electron chi connectivity index (χ4n) is 1.42. The van der Waals surface area contributed by atoms with Gasteiger partial charge in [0.1, 0.15) is 0 Å². The molecule has 0 spiro atoms. The van der Waals surface area contributed by atoms with Crippen LogP contribution >= 0.6 is 0 Å². The second kappa shape index (κ2) is 5.89. The average Bonchev–Trinajstić information content (AvgIpc) is 2.25. The third kappa shape index (κ3) is 4.14. The lowest BCUT2D eigenvalue weighted by molar-refractivity contribution is -0.118. The summed E-state index contributed by atoms with van der Waals surface area (Å²) in [5.74, 6) is -0.124. The molecular formula is C12H17N3O2. The van der Waals surface area contributed by atoms with Crippen LogP contribution in [-0.4, -0.2) is 24.8 Å². The van der Waals surface area contributed by atoms with Crippen molar-refractivity contribution in [3.8, 4) is 0 Å². The number of nitrogens with two attached hydrogens (primary N) is 1.